The van der Waals surface area contributed by atoms with Crippen LogP contribution in [0.2, 0.25) is 0 Å². The highest BCUT2D eigenvalue weighted by atomic mass is 32.2. The summed E-state index contributed by atoms with van der Waals surface area (Å²) in [6, 6.07) is 6.35. The van der Waals surface area contributed by atoms with Crippen LogP contribution in [0.1, 0.15) is 48.2 Å². The molecule has 0 saturated carbocycles. The molecule has 0 saturated heterocycles. The fourth-order valence-electron chi connectivity index (χ4n) is 3.21. The number of carbonyl (C=O) groups is 1. The van der Waals surface area contributed by atoms with Crippen LogP contribution in [0.25, 0.3) is 0 Å². The van der Waals surface area contributed by atoms with E-state index in [1.165, 1.54) is 15.4 Å². The highest BCUT2D eigenvalue weighted by Crippen LogP contribution is 2.39. The summed E-state index contributed by atoms with van der Waals surface area (Å²) in [5.41, 5.74) is 4.51. The van der Waals surface area contributed by atoms with Gasteiger partial charge in [0.1, 0.15) is 0 Å². The summed E-state index contributed by atoms with van der Waals surface area (Å²) in [6.07, 6.45) is 8.23. The van der Waals surface area contributed by atoms with Crippen molar-refractivity contribution in [3.05, 3.63) is 44.7 Å². The molecule has 0 N–H and O–H groups in total. The number of rotatable bonds is 4. The third kappa shape index (κ3) is 3.24. The van der Waals surface area contributed by atoms with Gasteiger partial charge in [0.25, 0.3) is 0 Å². The van der Waals surface area contributed by atoms with Gasteiger partial charge in [-0.1, -0.05) is 32.0 Å². The summed E-state index contributed by atoms with van der Waals surface area (Å²) < 4.78 is 1.20. The summed E-state index contributed by atoms with van der Waals surface area (Å²) in [7, 11) is 0. The lowest BCUT2D eigenvalue weighted by molar-refractivity contribution is 0.102. The van der Waals surface area contributed by atoms with Crippen molar-refractivity contribution in [2.24, 2.45) is 5.92 Å². The second kappa shape index (κ2) is 7.55. The molecule has 1 unspecified atom stereocenters. The maximum absolute atomic E-state index is 13.3. The maximum atomic E-state index is 13.3. The third-order valence-corrected chi connectivity index (χ3v) is 6.52. The van der Waals surface area contributed by atoms with Gasteiger partial charge in [-0.15, -0.1) is 23.5 Å². The lowest BCUT2D eigenvalue weighted by Gasteiger charge is -2.18. The highest BCUT2D eigenvalue weighted by Gasteiger charge is 2.30. The van der Waals surface area contributed by atoms with Crippen molar-refractivity contribution in [2.75, 3.05) is 12.5 Å². The second-order valence-electron chi connectivity index (χ2n) is 5.39. The zero-order valence-corrected chi connectivity index (χ0v) is 15.0. The first-order valence-corrected chi connectivity index (χ1v) is 10.1. The molecule has 1 aromatic rings. The number of carbonyl (C=O) groups excluding carboxylic acids is 1. The molecule has 0 fully saturated rings. The number of aryl methyl sites for hydroxylation is 2. The predicted molar refractivity (Wildman–Crippen MR) is 96.3 cm³/mol. The molecule has 0 spiro atoms. The number of Topliss-reactive ketones (excluding diaryl/α,β-unsaturated/α-hetero) is 1. The Morgan fingerprint density at radius 2 is 1.95 bits per heavy atom. The molecule has 1 aliphatic carbocycles. The molecule has 0 amide bonds. The average Bonchev–Trinajstić information content (AvgIpc) is 2.66. The fraction of sp³-hybridized carbons (Fsp3) is 0.500. The first-order chi connectivity index (χ1) is 10.2. The summed E-state index contributed by atoms with van der Waals surface area (Å²) in [4.78, 5) is 13.3. The van der Waals surface area contributed by atoms with Crippen molar-refractivity contribution in [2.45, 2.75) is 39.5 Å². The van der Waals surface area contributed by atoms with Gasteiger partial charge in [-0.05, 0) is 55.2 Å². The first-order valence-electron chi connectivity index (χ1n) is 7.65. The van der Waals surface area contributed by atoms with Crippen LogP contribution in [0.3, 0.4) is 0 Å². The molecule has 0 heterocycles. The standard InChI is InChI=1S/C18H24OS2/c1-5-12-8-7-9-14-11-10-13(6-2)16(17(19)15(12)14)18(20-3)21-4/h7-9,13H,5-6,10-11H2,1-4H3. The monoisotopic (exact) mass is 320 g/mol. The number of benzene rings is 1. The van der Waals surface area contributed by atoms with Gasteiger partial charge in [-0.25, -0.2) is 0 Å². The van der Waals surface area contributed by atoms with E-state index in [1.807, 2.05) is 0 Å². The van der Waals surface area contributed by atoms with E-state index in [2.05, 4.69) is 44.6 Å². The summed E-state index contributed by atoms with van der Waals surface area (Å²) in [5, 5.41) is 0. The van der Waals surface area contributed by atoms with Crippen LogP contribution in [0.4, 0.5) is 0 Å². The lowest BCUT2D eigenvalue weighted by Crippen LogP contribution is -2.14. The predicted octanol–water partition coefficient (Wildman–Crippen LogP) is 5.34. The minimum Gasteiger partial charge on any atom is -0.289 e. The zero-order chi connectivity index (χ0) is 15.4. The Balaban J connectivity index is 2.65. The van der Waals surface area contributed by atoms with E-state index >= 15 is 0 Å². The van der Waals surface area contributed by atoms with Gasteiger partial charge in [0.15, 0.2) is 5.78 Å². The van der Waals surface area contributed by atoms with Crippen LogP contribution in [0, 0.1) is 5.92 Å². The molecule has 0 radical (unpaired) electrons. The van der Waals surface area contributed by atoms with Crippen molar-refractivity contribution in [3.8, 4) is 0 Å². The van der Waals surface area contributed by atoms with Gasteiger partial charge in [0.05, 0.1) is 0 Å². The molecule has 21 heavy (non-hydrogen) atoms. The van der Waals surface area contributed by atoms with Crippen molar-refractivity contribution < 1.29 is 4.79 Å². The van der Waals surface area contributed by atoms with Crippen molar-refractivity contribution in [3.63, 3.8) is 0 Å². The quantitative estimate of drug-likeness (QED) is 0.550. The number of allylic oxidation sites excluding steroid dienone is 1. The fourth-order valence-corrected chi connectivity index (χ4v) is 4.84. The average molecular weight is 321 g/mol. The summed E-state index contributed by atoms with van der Waals surface area (Å²) in [5.74, 6) is 0.676. The van der Waals surface area contributed by atoms with E-state index in [0.29, 0.717) is 5.92 Å². The van der Waals surface area contributed by atoms with E-state index in [-0.39, 0.29) is 5.78 Å². The Morgan fingerprint density at radius 3 is 2.52 bits per heavy atom. The van der Waals surface area contributed by atoms with E-state index in [1.54, 1.807) is 23.5 Å². The molecule has 0 bridgehead atoms. The van der Waals surface area contributed by atoms with Gasteiger partial charge in [0.2, 0.25) is 0 Å². The van der Waals surface area contributed by atoms with Crippen LogP contribution >= 0.6 is 23.5 Å². The van der Waals surface area contributed by atoms with Crippen LogP contribution in [-0.4, -0.2) is 18.3 Å². The second-order valence-corrected chi connectivity index (χ2v) is 7.28. The Kier molecular flexibility index (Phi) is 6.00. The van der Waals surface area contributed by atoms with E-state index in [4.69, 9.17) is 0 Å². The topological polar surface area (TPSA) is 17.1 Å². The highest BCUT2D eigenvalue weighted by molar-refractivity contribution is 8.21. The molecule has 1 nitrogen and oxygen atoms in total. The molecule has 114 valence electrons. The smallest absolute Gasteiger partial charge is 0.191 e. The number of fused-ring (bicyclic) bond motifs is 1. The summed E-state index contributed by atoms with van der Waals surface area (Å²) >= 11 is 3.44. The van der Waals surface area contributed by atoms with Gasteiger partial charge in [0, 0.05) is 15.4 Å². The van der Waals surface area contributed by atoms with Crippen LogP contribution in [0.15, 0.2) is 28.0 Å². The molecule has 0 aromatic heterocycles. The zero-order valence-electron chi connectivity index (χ0n) is 13.4. The van der Waals surface area contributed by atoms with Crippen molar-refractivity contribution >= 4 is 29.3 Å². The Labute approximate surface area is 137 Å². The largest absolute Gasteiger partial charge is 0.289 e. The molecule has 1 atom stereocenters. The molecular formula is C18H24OS2. The van der Waals surface area contributed by atoms with Crippen LogP contribution < -0.4 is 0 Å². The SMILES string of the molecule is CCc1cccc2c1C(=O)C(=C(SC)SC)C(CC)CC2. The maximum Gasteiger partial charge on any atom is 0.191 e. The normalized spacial score (nSPS) is 18.4. The summed E-state index contributed by atoms with van der Waals surface area (Å²) in [6.45, 7) is 4.34. The van der Waals surface area contributed by atoms with Crippen LogP contribution in [0.5, 0.6) is 0 Å². The first kappa shape index (κ1) is 16.7. The number of ketones is 1. The molecule has 1 aromatic carbocycles. The Hall–Kier alpha value is -0.670. The lowest BCUT2D eigenvalue weighted by atomic mass is 9.90. The van der Waals surface area contributed by atoms with Crippen LogP contribution in [-0.2, 0) is 12.8 Å². The minimum absolute atomic E-state index is 0.283. The minimum atomic E-state index is 0.283. The van der Waals surface area contributed by atoms with E-state index in [9.17, 15) is 4.79 Å². The van der Waals surface area contributed by atoms with E-state index < -0.39 is 0 Å². The molecule has 2 rings (SSSR count). The number of hydrogen-bond donors (Lipinski definition) is 0. The Bertz CT molecular complexity index is 554. The molecule has 3 heteroatoms. The van der Waals surface area contributed by atoms with Crippen molar-refractivity contribution in [1.82, 2.24) is 0 Å². The van der Waals surface area contributed by atoms with E-state index in [0.717, 1.165) is 36.8 Å². The van der Waals surface area contributed by atoms with Gasteiger partial charge in [-0.2, -0.15) is 0 Å². The van der Waals surface area contributed by atoms with Gasteiger partial charge < -0.3 is 0 Å². The van der Waals surface area contributed by atoms with Crippen molar-refractivity contribution in [1.29, 1.82) is 0 Å². The number of hydrogen-bond acceptors (Lipinski definition) is 3. The number of thioether (sulfide) groups is 2. The molecule has 0 aliphatic heterocycles. The molecule has 1 aliphatic rings. The third-order valence-electron chi connectivity index (χ3n) is 4.34. The van der Waals surface area contributed by atoms with Gasteiger partial charge >= 0.3 is 0 Å². The van der Waals surface area contributed by atoms with Gasteiger partial charge in [-0.3, -0.25) is 4.79 Å². The molecular weight excluding hydrogens is 296 g/mol. The Morgan fingerprint density at radius 1 is 1.24 bits per heavy atom.